The van der Waals surface area contributed by atoms with Crippen molar-refractivity contribution in [2.24, 2.45) is 5.14 Å². The van der Waals surface area contributed by atoms with Gasteiger partial charge in [0.05, 0.1) is 22.9 Å². The number of hydrogen-bond donors (Lipinski definition) is 2. The van der Waals surface area contributed by atoms with Crippen LogP contribution < -0.4 is 9.88 Å². The Morgan fingerprint density at radius 1 is 0.941 bits per heavy atom. The number of benzene rings is 3. The van der Waals surface area contributed by atoms with Crippen LogP contribution >= 0.6 is 0 Å². The molecule has 7 nitrogen and oxygen atoms in total. The fourth-order valence-corrected chi connectivity index (χ4v) is 4.09. The van der Waals surface area contributed by atoms with Gasteiger partial charge in [-0.3, -0.25) is 0 Å². The summed E-state index contributed by atoms with van der Waals surface area (Å²) in [5, 5.41) is 18.4. The Balaban J connectivity index is 1.78. The maximum atomic E-state index is 13.5. The Morgan fingerprint density at radius 3 is 2.18 bits per heavy atom. The van der Waals surface area contributed by atoms with E-state index in [9.17, 15) is 26.7 Å². The normalized spacial score (nSPS) is 12.0. The van der Waals surface area contributed by atoms with Gasteiger partial charge < -0.3 is 9.84 Å². The van der Waals surface area contributed by atoms with Crippen molar-refractivity contribution in [2.45, 2.75) is 17.7 Å². The van der Waals surface area contributed by atoms with Gasteiger partial charge in [0.25, 0.3) is 0 Å². The van der Waals surface area contributed by atoms with Crippen LogP contribution in [0.3, 0.4) is 0 Å². The summed E-state index contributed by atoms with van der Waals surface area (Å²) < 4.78 is 70.6. The summed E-state index contributed by atoms with van der Waals surface area (Å²) in [7, 11) is -4.14. The van der Waals surface area contributed by atoms with E-state index in [0.29, 0.717) is 17.1 Å². The van der Waals surface area contributed by atoms with Crippen molar-refractivity contribution in [2.75, 3.05) is 0 Å². The molecular weight excluding hydrogens is 471 g/mol. The highest BCUT2D eigenvalue weighted by molar-refractivity contribution is 7.89. The van der Waals surface area contributed by atoms with E-state index in [-0.39, 0.29) is 21.8 Å². The number of sulfonamides is 1. The molecule has 1 heterocycles. The number of hydrogen-bond acceptors (Lipinski definition) is 5. The largest absolute Gasteiger partial charge is 0.457 e. The highest BCUT2D eigenvalue weighted by atomic mass is 32.2. The maximum Gasteiger partial charge on any atom is 0.435 e. The molecule has 0 aliphatic heterocycles. The van der Waals surface area contributed by atoms with Crippen LogP contribution in [0.4, 0.5) is 13.2 Å². The molecule has 4 rings (SSSR count). The third-order valence-corrected chi connectivity index (χ3v) is 5.91. The van der Waals surface area contributed by atoms with Gasteiger partial charge in [-0.05, 0) is 66.2 Å². The van der Waals surface area contributed by atoms with Gasteiger partial charge in [0.2, 0.25) is 10.0 Å². The lowest BCUT2D eigenvalue weighted by atomic mass is 10.1. The number of alkyl halides is 3. The molecule has 0 saturated carbocycles. The van der Waals surface area contributed by atoms with Crippen molar-refractivity contribution in [3.63, 3.8) is 0 Å². The molecule has 11 heteroatoms. The number of nitrogens with two attached hydrogens (primary N) is 1. The van der Waals surface area contributed by atoms with Crippen LogP contribution in [-0.2, 0) is 22.8 Å². The van der Waals surface area contributed by atoms with Gasteiger partial charge >= 0.3 is 6.18 Å². The second kappa shape index (κ2) is 8.93. The molecule has 0 saturated heterocycles. The van der Waals surface area contributed by atoms with Gasteiger partial charge in [0.15, 0.2) is 5.69 Å². The average Bonchev–Trinajstić information content (AvgIpc) is 3.25. The fourth-order valence-electron chi connectivity index (χ4n) is 3.34. The number of para-hydroxylation sites is 1. The van der Waals surface area contributed by atoms with E-state index < -0.39 is 28.5 Å². The number of aromatic nitrogens is 2. The molecule has 0 aliphatic rings. The lowest BCUT2D eigenvalue weighted by Crippen LogP contribution is -2.15. The molecule has 1 aromatic heterocycles. The smallest absolute Gasteiger partial charge is 0.435 e. The zero-order valence-electron chi connectivity index (χ0n) is 17.4. The van der Waals surface area contributed by atoms with Crippen molar-refractivity contribution < 1.29 is 31.4 Å². The molecular formula is C23H18F3N3O4S. The van der Waals surface area contributed by atoms with Gasteiger partial charge in [0, 0.05) is 5.56 Å². The molecule has 0 spiro atoms. The van der Waals surface area contributed by atoms with Crippen LogP contribution in [0.25, 0.3) is 16.9 Å². The summed E-state index contributed by atoms with van der Waals surface area (Å²) in [5.74, 6) is 1.09. The van der Waals surface area contributed by atoms with E-state index >= 15 is 0 Å². The maximum absolute atomic E-state index is 13.5. The quantitative estimate of drug-likeness (QED) is 0.415. The molecule has 3 aromatic carbocycles. The lowest BCUT2D eigenvalue weighted by molar-refractivity contribution is -0.141. The summed E-state index contributed by atoms with van der Waals surface area (Å²) in [6, 6.07) is 19.9. The van der Waals surface area contributed by atoms with Gasteiger partial charge in [-0.25, -0.2) is 18.2 Å². The van der Waals surface area contributed by atoms with Crippen molar-refractivity contribution in [1.82, 2.24) is 9.78 Å². The number of ether oxygens (including phenoxy) is 1. The summed E-state index contributed by atoms with van der Waals surface area (Å²) >= 11 is 0. The molecule has 0 bridgehead atoms. The number of aliphatic hydroxyl groups excluding tert-OH is 1. The molecule has 176 valence electrons. The van der Waals surface area contributed by atoms with Crippen LogP contribution in [-0.4, -0.2) is 23.3 Å². The van der Waals surface area contributed by atoms with E-state index in [1.54, 1.807) is 36.4 Å². The Morgan fingerprint density at radius 2 is 1.59 bits per heavy atom. The standard InChI is InChI=1S/C23H18F3N3O4S/c24-23(25,26)22-13-20(15-6-9-19(10-7-15)33-18-4-2-1-3-5-18)29(28-22)17-8-11-21(34(27,31)32)16(12-17)14-30/h1-13,30H,14H2,(H2,27,31,32). The number of aliphatic hydroxyl groups is 1. The predicted octanol–water partition coefficient (Wildman–Crippen LogP) is 4.49. The van der Waals surface area contributed by atoms with Crippen LogP contribution in [0.1, 0.15) is 11.3 Å². The molecule has 0 atom stereocenters. The van der Waals surface area contributed by atoms with E-state index in [2.05, 4.69) is 5.10 Å². The first-order valence-corrected chi connectivity index (χ1v) is 11.4. The number of primary sulfonamides is 1. The Hall–Kier alpha value is -3.67. The van der Waals surface area contributed by atoms with Gasteiger partial charge in [-0.1, -0.05) is 18.2 Å². The van der Waals surface area contributed by atoms with Crippen molar-refractivity contribution in [3.05, 3.63) is 90.1 Å². The molecule has 0 radical (unpaired) electrons. The monoisotopic (exact) mass is 489 g/mol. The van der Waals surface area contributed by atoms with Gasteiger partial charge in [0.1, 0.15) is 11.5 Å². The topological polar surface area (TPSA) is 107 Å². The third-order valence-electron chi connectivity index (χ3n) is 4.89. The molecule has 3 N–H and O–H groups in total. The number of rotatable bonds is 6. The van der Waals surface area contributed by atoms with Crippen molar-refractivity contribution >= 4 is 10.0 Å². The third kappa shape index (κ3) is 4.96. The van der Waals surface area contributed by atoms with E-state index in [4.69, 9.17) is 9.88 Å². The molecule has 0 unspecified atom stereocenters. The van der Waals surface area contributed by atoms with Crippen molar-refractivity contribution in [3.8, 4) is 28.4 Å². The first kappa shape index (κ1) is 23.5. The highest BCUT2D eigenvalue weighted by Crippen LogP contribution is 2.34. The fraction of sp³-hybridized carbons (Fsp3) is 0.0870. The Labute approximate surface area is 192 Å². The molecule has 0 fully saturated rings. The second-order valence-electron chi connectivity index (χ2n) is 7.26. The van der Waals surface area contributed by atoms with Gasteiger partial charge in [-0.2, -0.15) is 18.3 Å². The van der Waals surface area contributed by atoms with Crippen LogP contribution in [0.2, 0.25) is 0 Å². The predicted molar refractivity (Wildman–Crippen MR) is 118 cm³/mol. The van der Waals surface area contributed by atoms with E-state index in [1.165, 1.54) is 12.1 Å². The zero-order chi connectivity index (χ0) is 24.5. The van der Waals surface area contributed by atoms with Gasteiger partial charge in [-0.15, -0.1) is 0 Å². The second-order valence-corrected chi connectivity index (χ2v) is 8.79. The summed E-state index contributed by atoms with van der Waals surface area (Å²) in [4.78, 5) is -0.328. The summed E-state index contributed by atoms with van der Waals surface area (Å²) in [5.41, 5.74) is -0.573. The zero-order valence-corrected chi connectivity index (χ0v) is 18.2. The highest BCUT2D eigenvalue weighted by Gasteiger charge is 2.35. The first-order valence-electron chi connectivity index (χ1n) is 9.84. The van der Waals surface area contributed by atoms with Crippen LogP contribution in [0.5, 0.6) is 11.5 Å². The molecule has 4 aromatic rings. The van der Waals surface area contributed by atoms with Crippen molar-refractivity contribution in [1.29, 1.82) is 0 Å². The van der Waals surface area contributed by atoms with E-state index in [0.717, 1.165) is 16.8 Å². The molecule has 34 heavy (non-hydrogen) atoms. The first-order chi connectivity index (χ1) is 16.1. The minimum atomic E-state index is -4.71. The van der Waals surface area contributed by atoms with Crippen LogP contribution in [0, 0.1) is 0 Å². The molecule has 0 aliphatic carbocycles. The minimum Gasteiger partial charge on any atom is -0.457 e. The lowest BCUT2D eigenvalue weighted by Gasteiger charge is -2.12. The SMILES string of the molecule is NS(=O)(=O)c1ccc(-n2nc(C(F)(F)F)cc2-c2ccc(Oc3ccccc3)cc2)cc1CO. The summed E-state index contributed by atoms with van der Waals surface area (Å²) in [6.45, 7) is -0.687. The van der Waals surface area contributed by atoms with Crippen LogP contribution in [0.15, 0.2) is 83.8 Å². The van der Waals surface area contributed by atoms with E-state index in [1.807, 2.05) is 18.2 Å². The Bertz CT molecular complexity index is 1420. The number of halogens is 3. The Kier molecular flexibility index (Phi) is 6.17. The minimum absolute atomic E-state index is 0.0679. The summed E-state index contributed by atoms with van der Waals surface area (Å²) in [6.07, 6.45) is -4.71. The molecule has 0 amide bonds. The average molecular weight is 489 g/mol. The number of nitrogens with zero attached hydrogens (tertiary/aromatic N) is 2.